The number of likely N-dealkylation sites (N-methyl/N-ethyl adjacent to an activating group) is 1. The highest BCUT2D eigenvalue weighted by atomic mass is 79.9. The van der Waals surface area contributed by atoms with Crippen molar-refractivity contribution in [2.24, 2.45) is 5.73 Å². The van der Waals surface area contributed by atoms with Gasteiger partial charge in [0.05, 0.1) is 5.69 Å². The molecule has 2 heterocycles. The van der Waals surface area contributed by atoms with Gasteiger partial charge in [0.25, 0.3) is 5.91 Å². The first-order chi connectivity index (χ1) is 14.4. The van der Waals surface area contributed by atoms with Crippen molar-refractivity contribution in [3.8, 4) is 5.75 Å². The molecule has 1 aliphatic heterocycles. The molecule has 0 saturated heterocycles. The molecule has 0 atom stereocenters. The van der Waals surface area contributed by atoms with Gasteiger partial charge in [-0.25, -0.2) is 0 Å². The lowest BCUT2D eigenvalue weighted by Crippen LogP contribution is -2.26. The number of fused-ring (bicyclic) bond motifs is 1. The van der Waals surface area contributed by atoms with Gasteiger partial charge in [-0.15, -0.1) is 10.2 Å². The summed E-state index contributed by atoms with van der Waals surface area (Å²) in [4.78, 5) is 18.4. The number of para-hydroxylation sites is 2. The van der Waals surface area contributed by atoms with Gasteiger partial charge < -0.3 is 26.4 Å². The van der Waals surface area contributed by atoms with Gasteiger partial charge in [-0.05, 0) is 48.9 Å². The van der Waals surface area contributed by atoms with E-state index >= 15 is 0 Å². The van der Waals surface area contributed by atoms with Crippen LogP contribution in [0, 0.1) is 0 Å². The lowest BCUT2D eigenvalue weighted by molar-refractivity contribution is 0.0995. The van der Waals surface area contributed by atoms with Crippen LogP contribution in [0.4, 0.5) is 23.1 Å². The van der Waals surface area contributed by atoms with E-state index in [1.165, 1.54) is 17.2 Å². The van der Waals surface area contributed by atoms with Crippen LogP contribution in [0.25, 0.3) is 0 Å². The van der Waals surface area contributed by atoms with E-state index in [9.17, 15) is 9.90 Å². The molecule has 1 aromatic heterocycles. The summed E-state index contributed by atoms with van der Waals surface area (Å²) in [7, 11) is 2.09. The van der Waals surface area contributed by atoms with Crippen LogP contribution >= 0.6 is 15.9 Å². The van der Waals surface area contributed by atoms with Gasteiger partial charge in [-0.3, -0.25) is 4.79 Å². The van der Waals surface area contributed by atoms with Crippen molar-refractivity contribution in [2.45, 2.75) is 13.0 Å². The number of nitrogens with one attached hydrogen (secondary N) is 2. The van der Waals surface area contributed by atoms with E-state index in [1.807, 2.05) is 6.07 Å². The number of carbonyl (C=O) groups excluding carboxylic acids is 1. The normalized spacial score (nSPS) is 13.5. The van der Waals surface area contributed by atoms with E-state index in [0.29, 0.717) is 5.69 Å². The summed E-state index contributed by atoms with van der Waals surface area (Å²) < 4.78 is 1.02. The van der Waals surface area contributed by atoms with E-state index in [0.717, 1.165) is 29.7 Å². The number of primary amides is 1. The number of aromatic nitrogens is 3. The Hall–Kier alpha value is -3.24. The van der Waals surface area contributed by atoms with Crippen molar-refractivity contribution in [1.29, 1.82) is 0 Å². The Labute approximate surface area is 181 Å². The van der Waals surface area contributed by atoms with Crippen LogP contribution in [0.2, 0.25) is 0 Å². The molecule has 5 N–H and O–H groups in total. The fraction of sp³-hybridized carbons (Fsp3) is 0.200. The smallest absolute Gasteiger partial charge is 0.273 e. The highest BCUT2D eigenvalue weighted by molar-refractivity contribution is 9.10. The second-order valence-corrected chi connectivity index (χ2v) is 7.90. The molecule has 0 saturated carbocycles. The number of hydrogen-bond donors (Lipinski definition) is 4. The van der Waals surface area contributed by atoms with Crippen molar-refractivity contribution in [1.82, 2.24) is 20.1 Å². The third-order valence-electron chi connectivity index (χ3n) is 4.81. The number of nitrogens with two attached hydrogens (primary N) is 1. The van der Waals surface area contributed by atoms with Crippen LogP contribution in [0.1, 0.15) is 21.6 Å². The minimum absolute atomic E-state index is 0.00350. The number of phenolic OH excluding ortho intramolecular Hbond substituents is 1. The van der Waals surface area contributed by atoms with Crippen molar-refractivity contribution in [2.75, 3.05) is 24.2 Å². The molecule has 10 heteroatoms. The van der Waals surface area contributed by atoms with Gasteiger partial charge in [-0.2, -0.15) is 4.98 Å². The minimum atomic E-state index is -0.779. The SMILES string of the molecule is CN1CCc2c(Br)cc(Nc3nnc(C(N)=O)c(Nc4ccccc4O)n3)cc2C1. The molecule has 154 valence electrons. The summed E-state index contributed by atoms with van der Waals surface area (Å²) in [5.74, 6) is -0.491. The van der Waals surface area contributed by atoms with E-state index in [2.05, 4.69) is 59.8 Å². The van der Waals surface area contributed by atoms with Crippen LogP contribution in [0.3, 0.4) is 0 Å². The second kappa shape index (κ2) is 8.25. The molecule has 0 aliphatic carbocycles. The molecule has 0 bridgehead atoms. The number of amides is 1. The average molecular weight is 470 g/mol. The van der Waals surface area contributed by atoms with Crippen molar-refractivity contribution in [3.63, 3.8) is 0 Å². The molecule has 4 rings (SSSR count). The predicted octanol–water partition coefficient (Wildman–Crippen LogP) is 2.91. The zero-order chi connectivity index (χ0) is 21.3. The highest BCUT2D eigenvalue weighted by Gasteiger charge is 2.19. The Morgan fingerprint density at radius 1 is 1.23 bits per heavy atom. The van der Waals surface area contributed by atoms with E-state index < -0.39 is 5.91 Å². The maximum atomic E-state index is 11.7. The third kappa shape index (κ3) is 4.19. The largest absolute Gasteiger partial charge is 0.506 e. The highest BCUT2D eigenvalue weighted by Crippen LogP contribution is 2.31. The topological polar surface area (TPSA) is 129 Å². The standard InChI is InChI=1S/C20H20BrN7O2/c1-28-7-6-13-11(10-28)8-12(9-14(13)21)23-20-25-19(17(18(22)30)26-27-20)24-15-4-2-3-5-16(15)29/h2-5,8-9,29H,6-7,10H2,1H3,(H2,22,30)(H2,23,24,25,27). The van der Waals surface area contributed by atoms with Crippen LogP contribution in [0.5, 0.6) is 5.75 Å². The number of anilines is 4. The Bertz CT molecular complexity index is 1120. The molecular formula is C20H20BrN7O2. The Balaban J connectivity index is 1.65. The molecule has 0 fully saturated rings. The molecule has 30 heavy (non-hydrogen) atoms. The number of rotatable bonds is 5. The van der Waals surface area contributed by atoms with E-state index in [4.69, 9.17) is 5.73 Å². The number of nitrogens with zero attached hydrogens (tertiary/aromatic N) is 4. The molecule has 0 spiro atoms. The summed E-state index contributed by atoms with van der Waals surface area (Å²) in [6.45, 7) is 1.87. The maximum absolute atomic E-state index is 11.7. The average Bonchev–Trinajstić information content (AvgIpc) is 2.69. The number of phenols is 1. The molecular weight excluding hydrogens is 450 g/mol. The maximum Gasteiger partial charge on any atom is 0.273 e. The summed E-state index contributed by atoms with van der Waals surface area (Å²) in [5, 5.41) is 23.9. The van der Waals surface area contributed by atoms with Gasteiger partial charge >= 0.3 is 0 Å². The molecule has 0 unspecified atom stereocenters. The fourth-order valence-electron chi connectivity index (χ4n) is 3.33. The van der Waals surface area contributed by atoms with Crippen LogP contribution in [0.15, 0.2) is 40.9 Å². The van der Waals surface area contributed by atoms with Gasteiger partial charge in [0.15, 0.2) is 11.5 Å². The zero-order valence-corrected chi connectivity index (χ0v) is 17.8. The molecule has 3 aromatic rings. The molecule has 1 aliphatic rings. The number of benzene rings is 2. The summed E-state index contributed by atoms with van der Waals surface area (Å²) in [6, 6.07) is 10.6. The number of halogens is 1. The lowest BCUT2D eigenvalue weighted by atomic mass is 9.99. The van der Waals surface area contributed by atoms with Crippen LogP contribution < -0.4 is 16.4 Å². The Morgan fingerprint density at radius 2 is 2.03 bits per heavy atom. The summed E-state index contributed by atoms with van der Waals surface area (Å²) in [5.41, 5.74) is 8.94. The van der Waals surface area contributed by atoms with Gasteiger partial charge in [0, 0.05) is 23.2 Å². The van der Waals surface area contributed by atoms with Gasteiger partial charge in [0.1, 0.15) is 5.75 Å². The van der Waals surface area contributed by atoms with Crippen molar-refractivity contribution >= 4 is 45.0 Å². The summed E-state index contributed by atoms with van der Waals surface area (Å²) >= 11 is 3.65. The first-order valence-electron chi connectivity index (χ1n) is 9.27. The van der Waals surface area contributed by atoms with Crippen molar-refractivity contribution in [3.05, 3.63) is 57.7 Å². The second-order valence-electron chi connectivity index (χ2n) is 7.05. The quantitative estimate of drug-likeness (QED) is 0.419. The van der Waals surface area contributed by atoms with Gasteiger partial charge in [0.2, 0.25) is 5.95 Å². The number of aromatic hydroxyl groups is 1. The monoisotopic (exact) mass is 469 g/mol. The Morgan fingerprint density at radius 3 is 2.80 bits per heavy atom. The third-order valence-corrected chi connectivity index (χ3v) is 5.51. The molecule has 9 nitrogen and oxygen atoms in total. The zero-order valence-electron chi connectivity index (χ0n) is 16.2. The van der Waals surface area contributed by atoms with E-state index in [-0.39, 0.29) is 23.2 Å². The van der Waals surface area contributed by atoms with Crippen LogP contribution in [-0.2, 0) is 13.0 Å². The first kappa shape index (κ1) is 20.0. The van der Waals surface area contributed by atoms with Crippen LogP contribution in [-0.4, -0.2) is 44.7 Å². The Kier molecular flexibility index (Phi) is 5.51. The molecule has 2 aromatic carbocycles. The van der Waals surface area contributed by atoms with Crippen molar-refractivity contribution < 1.29 is 9.90 Å². The van der Waals surface area contributed by atoms with E-state index in [1.54, 1.807) is 18.2 Å². The molecule has 1 amide bonds. The van der Waals surface area contributed by atoms with Gasteiger partial charge in [-0.1, -0.05) is 28.1 Å². The minimum Gasteiger partial charge on any atom is -0.506 e. The lowest BCUT2D eigenvalue weighted by Gasteiger charge is -2.26. The number of hydrogen-bond acceptors (Lipinski definition) is 8. The summed E-state index contributed by atoms with van der Waals surface area (Å²) in [6.07, 6.45) is 0.979. The predicted molar refractivity (Wildman–Crippen MR) is 117 cm³/mol. The fourth-order valence-corrected chi connectivity index (χ4v) is 4.03. The first-order valence-corrected chi connectivity index (χ1v) is 10.1. The number of carbonyl (C=O) groups is 1. The molecule has 0 radical (unpaired) electrons.